The van der Waals surface area contributed by atoms with Gasteiger partial charge in [0.15, 0.2) is 0 Å². The van der Waals surface area contributed by atoms with E-state index in [0.29, 0.717) is 24.9 Å². The van der Waals surface area contributed by atoms with Gasteiger partial charge in [-0.2, -0.15) is 5.10 Å². The number of piperidine rings is 1. The maximum atomic E-state index is 12.5. The Morgan fingerprint density at radius 2 is 2.20 bits per heavy atom. The summed E-state index contributed by atoms with van der Waals surface area (Å²) in [7, 11) is 1.79. The molecular weight excluding hydrogens is 258 g/mol. The van der Waals surface area contributed by atoms with Gasteiger partial charge in [0.25, 0.3) is 5.91 Å². The molecule has 1 amide bonds. The number of aromatic nitrogens is 2. The molecule has 1 aromatic heterocycles. The van der Waals surface area contributed by atoms with Crippen molar-refractivity contribution in [3.63, 3.8) is 0 Å². The van der Waals surface area contributed by atoms with Crippen molar-refractivity contribution < 1.29 is 14.7 Å². The molecule has 1 fully saturated rings. The van der Waals surface area contributed by atoms with Gasteiger partial charge in [-0.15, -0.1) is 0 Å². The van der Waals surface area contributed by atoms with E-state index in [1.54, 1.807) is 22.8 Å². The number of nitrogens with zero attached hydrogens (tertiary/aromatic N) is 3. The molecule has 2 heterocycles. The topological polar surface area (TPSA) is 75.4 Å². The first kappa shape index (κ1) is 14.6. The van der Waals surface area contributed by atoms with Crippen molar-refractivity contribution in [3.8, 4) is 0 Å². The van der Waals surface area contributed by atoms with Gasteiger partial charge in [-0.05, 0) is 26.2 Å². The normalized spacial score (nSPS) is 22.9. The summed E-state index contributed by atoms with van der Waals surface area (Å²) in [4.78, 5) is 25.7. The number of aliphatic carboxylic acids is 1. The van der Waals surface area contributed by atoms with Gasteiger partial charge in [0, 0.05) is 25.8 Å². The summed E-state index contributed by atoms with van der Waals surface area (Å²) >= 11 is 0. The highest BCUT2D eigenvalue weighted by atomic mass is 16.4. The fraction of sp³-hybridized carbons (Fsp3) is 0.643. The zero-order valence-electron chi connectivity index (χ0n) is 12.2. The second-order valence-corrected chi connectivity index (χ2v) is 5.54. The fourth-order valence-electron chi connectivity index (χ4n) is 2.80. The third-order valence-corrected chi connectivity index (χ3v) is 4.46. The molecule has 0 aliphatic carbocycles. The number of hydrogen-bond acceptors (Lipinski definition) is 3. The van der Waals surface area contributed by atoms with Crippen molar-refractivity contribution in [3.05, 3.63) is 17.5 Å². The lowest BCUT2D eigenvalue weighted by Crippen LogP contribution is -2.49. The molecule has 0 radical (unpaired) electrons. The van der Waals surface area contributed by atoms with Gasteiger partial charge < -0.3 is 10.0 Å². The van der Waals surface area contributed by atoms with Gasteiger partial charge in [-0.25, -0.2) is 0 Å². The average molecular weight is 279 g/mol. The molecule has 0 aromatic carbocycles. The Balaban J connectivity index is 2.23. The third kappa shape index (κ3) is 2.30. The molecule has 110 valence electrons. The number of amides is 1. The monoisotopic (exact) mass is 279 g/mol. The van der Waals surface area contributed by atoms with Crippen molar-refractivity contribution >= 4 is 11.9 Å². The molecule has 6 nitrogen and oxygen atoms in total. The number of carbonyl (C=O) groups is 2. The summed E-state index contributed by atoms with van der Waals surface area (Å²) in [6, 6.07) is 0. The summed E-state index contributed by atoms with van der Waals surface area (Å²) in [5, 5.41) is 13.5. The second kappa shape index (κ2) is 5.26. The minimum absolute atomic E-state index is 0.116. The van der Waals surface area contributed by atoms with Gasteiger partial charge in [-0.1, -0.05) is 6.92 Å². The first-order chi connectivity index (χ1) is 9.41. The van der Waals surface area contributed by atoms with Gasteiger partial charge >= 0.3 is 5.97 Å². The number of carbonyl (C=O) groups excluding carboxylic acids is 1. The summed E-state index contributed by atoms with van der Waals surface area (Å²) in [6.07, 6.45) is 3.46. The number of rotatable bonds is 3. The lowest BCUT2D eigenvalue weighted by Gasteiger charge is -2.39. The molecule has 6 heteroatoms. The molecule has 1 saturated heterocycles. The summed E-state index contributed by atoms with van der Waals surface area (Å²) in [6.45, 7) is 4.61. The zero-order chi connectivity index (χ0) is 14.9. The van der Waals surface area contributed by atoms with E-state index in [-0.39, 0.29) is 12.5 Å². The van der Waals surface area contributed by atoms with Crippen LogP contribution in [0.25, 0.3) is 0 Å². The highest BCUT2D eigenvalue weighted by Crippen LogP contribution is 2.34. The van der Waals surface area contributed by atoms with Crippen molar-refractivity contribution in [2.24, 2.45) is 12.5 Å². The van der Waals surface area contributed by atoms with Gasteiger partial charge in [0.05, 0.1) is 17.2 Å². The van der Waals surface area contributed by atoms with E-state index in [2.05, 4.69) is 5.10 Å². The number of carboxylic acid groups (broad SMARTS) is 1. The van der Waals surface area contributed by atoms with Crippen LogP contribution in [0.15, 0.2) is 6.20 Å². The summed E-state index contributed by atoms with van der Waals surface area (Å²) in [5.74, 6) is -0.921. The Kier molecular flexibility index (Phi) is 3.83. The van der Waals surface area contributed by atoms with E-state index in [9.17, 15) is 14.7 Å². The van der Waals surface area contributed by atoms with E-state index in [1.807, 2.05) is 13.8 Å². The molecule has 1 atom stereocenters. The third-order valence-electron chi connectivity index (χ3n) is 4.46. The minimum atomic E-state index is -0.805. The SMILES string of the molecule is CCC1(C(=O)O)CCCN(C(=O)c2cnn(C)c2C)C1. The van der Waals surface area contributed by atoms with Crippen LogP contribution in [0.5, 0.6) is 0 Å². The molecule has 1 aliphatic heterocycles. The molecule has 0 bridgehead atoms. The fourth-order valence-corrected chi connectivity index (χ4v) is 2.80. The van der Waals surface area contributed by atoms with E-state index in [4.69, 9.17) is 0 Å². The van der Waals surface area contributed by atoms with Gasteiger partial charge in [0.1, 0.15) is 0 Å². The van der Waals surface area contributed by atoms with Crippen LogP contribution >= 0.6 is 0 Å². The molecule has 20 heavy (non-hydrogen) atoms. The van der Waals surface area contributed by atoms with E-state index in [0.717, 1.165) is 12.1 Å². The van der Waals surface area contributed by atoms with Gasteiger partial charge in [0.2, 0.25) is 0 Å². The Morgan fingerprint density at radius 1 is 1.50 bits per heavy atom. The van der Waals surface area contributed by atoms with E-state index in [1.165, 1.54) is 0 Å². The van der Waals surface area contributed by atoms with Crippen LogP contribution in [0.1, 0.15) is 42.2 Å². The Bertz CT molecular complexity index is 538. The predicted molar refractivity (Wildman–Crippen MR) is 73.4 cm³/mol. The lowest BCUT2D eigenvalue weighted by molar-refractivity contribution is -0.152. The largest absolute Gasteiger partial charge is 0.481 e. The van der Waals surface area contributed by atoms with Crippen LogP contribution in [0.3, 0.4) is 0 Å². The molecule has 0 saturated carbocycles. The van der Waals surface area contributed by atoms with Crippen LogP contribution in [-0.2, 0) is 11.8 Å². The van der Waals surface area contributed by atoms with E-state index < -0.39 is 11.4 Å². The van der Waals surface area contributed by atoms with Crippen LogP contribution < -0.4 is 0 Å². The van der Waals surface area contributed by atoms with Crippen molar-refractivity contribution in [2.45, 2.75) is 33.1 Å². The number of hydrogen-bond donors (Lipinski definition) is 1. The standard InChI is InChI=1S/C14H21N3O3/c1-4-14(13(19)20)6-5-7-17(9-14)12(18)11-8-15-16(3)10(11)2/h8H,4-7,9H2,1-3H3,(H,19,20). The van der Waals surface area contributed by atoms with Crippen molar-refractivity contribution in [2.75, 3.05) is 13.1 Å². The quantitative estimate of drug-likeness (QED) is 0.908. The van der Waals surface area contributed by atoms with Gasteiger partial charge in [-0.3, -0.25) is 14.3 Å². The van der Waals surface area contributed by atoms with Crippen molar-refractivity contribution in [1.82, 2.24) is 14.7 Å². The van der Waals surface area contributed by atoms with Crippen molar-refractivity contribution in [1.29, 1.82) is 0 Å². The highest BCUT2D eigenvalue weighted by Gasteiger charge is 2.42. The first-order valence-corrected chi connectivity index (χ1v) is 6.92. The Hall–Kier alpha value is -1.85. The maximum absolute atomic E-state index is 12.5. The molecule has 0 spiro atoms. The minimum Gasteiger partial charge on any atom is -0.481 e. The predicted octanol–water partition coefficient (Wildman–Crippen LogP) is 1.45. The van der Waals surface area contributed by atoms with E-state index >= 15 is 0 Å². The molecule has 1 aliphatic rings. The number of aryl methyl sites for hydroxylation is 1. The number of likely N-dealkylation sites (tertiary alicyclic amines) is 1. The average Bonchev–Trinajstić information content (AvgIpc) is 2.78. The van der Waals surface area contributed by atoms with Crippen LogP contribution in [0, 0.1) is 12.3 Å². The second-order valence-electron chi connectivity index (χ2n) is 5.54. The summed E-state index contributed by atoms with van der Waals surface area (Å²) < 4.78 is 1.65. The summed E-state index contributed by atoms with van der Waals surface area (Å²) in [5.41, 5.74) is 0.562. The Morgan fingerprint density at radius 3 is 2.70 bits per heavy atom. The van der Waals surface area contributed by atoms with Crippen LogP contribution in [0.4, 0.5) is 0 Å². The molecular formula is C14H21N3O3. The molecule has 1 unspecified atom stereocenters. The first-order valence-electron chi connectivity index (χ1n) is 6.92. The lowest BCUT2D eigenvalue weighted by atomic mass is 9.77. The van der Waals surface area contributed by atoms with Crippen LogP contribution in [0.2, 0.25) is 0 Å². The highest BCUT2D eigenvalue weighted by molar-refractivity contribution is 5.95. The molecule has 2 rings (SSSR count). The maximum Gasteiger partial charge on any atom is 0.311 e. The smallest absolute Gasteiger partial charge is 0.311 e. The zero-order valence-corrected chi connectivity index (χ0v) is 12.2. The molecule has 1 N–H and O–H groups in total. The Labute approximate surface area is 118 Å². The molecule has 1 aromatic rings. The van der Waals surface area contributed by atoms with Crippen LogP contribution in [-0.4, -0.2) is 44.8 Å². The number of carboxylic acids is 1.